The van der Waals surface area contributed by atoms with Crippen LogP contribution in [0.15, 0.2) is 11.7 Å². The van der Waals surface area contributed by atoms with Gasteiger partial charge in [0.15, 0.2) is 0 Å². The third-order valence-corrected chi connectivity index (χ3v) is 3.52. The zero-order valence-corrected chi connectivity index (χ0v) is 9.42. The van der Waals surface area contributed by atoms with Gasteiger partial charge in [0.2, 0.25) is 0 Å². The predicted octanol–water partition coefficient (Wildman–Crippen LogP) is 1.60. The van der Waals surface area contributed by atoms with Crippen molar-refractivity contribution in [3.63, 3.8) is 0 Å². The standard InChI is InChI=1S/C10H17NO2S/c1-3-10(13,4-2)9(12)5-8-6-11-7-14-8/h6-7,9,12-13H,3-5H2,1-2H3. The molecule has 0 aliphatic carbocycles. The van der Waals surface area contributed by atoms with Gasteiger partial charge in [-0.2, -0.15) is 0 Å². The molecule has 0 aliphatic rings. The van der Waals surface area contributed by atoms with Crippen molar-refractivity contribution in [2.24, 2.45) is 0 Å². The van der Waals surface area contributed by atoms with Gasteiger partial charge in [-0.1, -0.05) is 13.8 Å². The van der Waals surface area contributed by atoms with Gasteiger partial charge in [0.1, 0.15) is 0 Å². The molecule has 0 aliphatic heterocycles. The van der Waals surface area contributed by atoms with Crippen molar-refractivity contribution < 1.29 is 10.2 Å². The third kappa shape index (κ3) is 2.53. The van der Waals surface area contributed by atoms with Crippen molar-refractivity contribution >= 4 is 11.3 Å². The van der Waals surface area contributed by atoms with E-state index in [4.69, 9.17) is 0 Å². The highest BCUT2D eigenvalue weighted by Gasteiger charge is 2.31. The van der Waals surface area contributed by atoms with Crippen molar-refractivity contribution in [2.45, 2.75) is 44.8 Å². The number of aliphatic hydroxyl groups is 2. The van der Waals surface area contributed by atoms with Gasteiger partial charge in [0.05, 0.1) is 17.2 Å². The number of nitrogens with zero attached hydrogens (tertiary/aromatic N) is 1. The molecule has 0 saturated heterocycles. The van der Waals surface area contributed by atoms with Crippen LogP contribution in [0.2, 0.25) is 0 Å². The van der Waals surface area contributed by atoms with E-state index in [1.807, 2.05) is 13.8 Å². The quantitative estimate of drug-likeness (QED) is 0.784. The Morgan fingerprint density at radius 2 is 2.14 bits per heavy atom. The van der Waals surface area contributed by atoms with Gasteiger partial charge in [0.25, 0.3) is 0 Å². The molecule has 1 unspecified atom stereocenters. The van der Waals surface area contributed by atoms with Crippen LogP contribution in [0.5, 0.6) is 0 Å². The van der Waals surface area contributed by atoms with Crippen LogP contribution in [-0.2, 0) is 6.42 Å². The summed E-state index contributed by atoms with van der Waals surface area (Å²) in [5.74, 6) is 0. The average Bonchev–Trinajstić information content (AvgIpc) is 2.69. The maximum atomic E-state index is 10.0. The highest BCUT2D eigenvalue weighted by atomic mass is 32.1. The second-order valence-corrected chi connectivity index (χ2v) is 4.47. The third-order valence-electron chi connectivity index (χ3n) is 2.72. The largest absolute Gasteiger partial charge is 0.390 e. The maximum Gasteiger partial charge on any atom is 0.0903 e. The molecule has 4 heteroatoms. The molecule has 2 N–H and O–H groups in total. The molecule has 0 fully saturated rings. The first kappa shape index (κ1) is 11.6. The highest BCUT2D eigenvalue weighted by molar-refractivity contribution is 7.09. The highest BCUT2D eigenvalue weighted by Crippen LogP contribution is 2.23. The Bertz CT molecular complexity index is 257. The normalized spacial score (nSPS) is 14.3. The van der Waals surface area contributed by atoms with Gasteiger partial charge in [-0.05, 0) is 12.8 Å². The van der Waals surface area contributed by atoms with Crippen molar-refractivity contribution in [1.82, 2.24) is 4.98 Å². The van der Waals surface area contributed by atoms with E-state index in [1.54, 1.807) is 11.7 Å². The van der Waals surface area contributed by atoms with Gasteiger partial charge in [-0.25, -0.2) is 0 Å². The number of rotatable bonds is 5. The molecule has 1 rings (SSSR count). The molecule has 0 bridgehead atoms. The number of aliphatic hydroxyl groups excluding tert-OH is 1. The summed E-state index contributed by atoms with van der Waals surface area (Å²) in [6, 6.07) is 0. The fourth-order valence-corrected chi connectivity index (χ4v) is 2.08. The zero-order valence-electron chi connectivity index (χ0n) is 8.60. The summed E-state index contributed by atoms with van der Waals surface area (Å²) in [7, 11) is 0. The number of hydrogen-bond donors (Lipinski definition) is 2. The fraction of sp³-hybridized carbons (Fsp3) is 0.700. The van der Waals surface area contributed by atoms with Gasteiger partial charge >= 0.3 is 0 Å². The van der Waals surface area contributed by atoms with Crippen LogP contribution in [0.1, 0.15) is 31.6 Å². The summed E-state index contributed by atoms with van der Waals surface area (Å²) < 4.78 is 0. The molecule has 0 saturated carbocycles. The summed E-state index contributed by atoms with van der Waals surface area (Å²) in [4.78, 5) is 4.95. The minimum atomic E-state index is -0.954. The van der Waals surface area contributed by atoms with E-state index in [9.17, 15) is 10.2 Å². The Morgan fingerprint density at radius 1 is 1.50 bits per heavy atom. The van der Waals surface area contributed by atoms with Crippen LogP contribution in [0, 0.1) is 0 Å². The van der Waals surface area contributed by atoms with E-state index in [-0.39, 0.29) is 0 Å². The minimum absolute atomic E-state index is 0.489. The van der Waals surface area contributed by atoms with Crippen molar-refractivity contribution in [3.05, 3.63) is 16.6 Å². The van der Waals surface area contributed by atoms with Crippen molar-refractivity contribution in [2.75, 3.05) is 0 Å². The van der Waals surface area contributed by atoms with E-state index in [0.29, 0.717) is 19.3 Å². The summed E-state index contributed by atoms with van der Waals surface area (Å²) >= 11 is 1.51. The Labute approximate surface area is 88.4 Å². The van der Waals surface area contributed by atoms with E-state index in [1.165, 1.54) is 11.3 Å². The molecule has 1 atom stereocenters. The van der Waals surface area contributed by atoms with Crippen LogP contribution in [0.4, 0.5) is 0 Å². The lowest BCUT2D eigenvalue weighted by Gasteiger charge is -2.30. The first-order valence-electron chi connectivity index (χ1n) is 4.90. The second kappa shape index (κ2) is 4.87. The van der Waals surface area contributed by atoms with Crippen LogP contribution in [-0.4, -0.2) is 26.9 Å². The number of thiazole rings is 1. The van der Waals surface area contributed by atoms with Gasteiger partial charge in [0, 0.05) is 17.5 Å². The van der Waals surface area contributed by atoms with Crippen LogP contribution in [0.25, 0.3) is 0 Å². The van der Waals surface area contributed by atoms with Crippen LogP contribution in [0.3, 0.4) is 0 Å². The lowest BCUT2D eigenvalue weighted by atomic mass is 9.89. The van der Waals surface area contributed by atoms with Gasteiger partial charge < -0.3 is 10.2 Å². The molecular weight excluding hydrogens is 198 g/mol. The molecular formula is C10H17NO2S. The van der Waals surface area contributed by atoms with E-state index in [2.05, 4.69) is 4.98 Å². The maximum absolute atomic E-state index is 10.0. The van der Waals surface area contributed by atoms with E-state index in [0.717, 1.165) is 4.88 Å². The summed E-state index contributed by atoms with van der Waals surface area (Å²) in [6.45, 7) is 3.78. The smallest absolute Gasteiger partial charge is 0.0903 e. The first-order chi connectivity index (χ1) is 6.62. The predicted molar refractivity (Wildman–Crippen MR) is 57.4 cm³/mol. The Balaban J connectivity index is 2.60. The average molecular weight is 215 g/mol. The molecule has 0 aromatic carbocycles. The van der Waals surface area contributed by atoms with Crippen LogP contribution >= 0.6 is 11.3 Å². The lowest BCUT2D eigenvalue weighted by Crippen LogP contribution is -2.42. The molecule has 0 radical (unpaired) electrons. The van der Waals surface area contributed by atoms with Gasteiger partial charge in [-0.15, -0.1) is 11.3 Å². The second-order valence-electron chi connectivity index (χ2n) is 3.50. The topological polar surface area (TPSA) is 53.4 Å². The Hall–Kier alpha value is -0.450. The van der Waals surface area contributed by atoms with Crippen LogP contribution < -0.4 is 0 Å². The SMILES string of the molecule is CCC(O)(CC)C(O)Cc1cncs1. The molecule has 0 amide bonds. The molecule has 1 heterocycles. The monoisotopic (exact) mass is 215 g/mol. The van der Waals surface area contributed by atoms with E-state index >= 15 is 0 Å². The minimum Gasteiger partial charge on any atom is -0.390 e. The van der Waals surface area contributed by atoms with E-state index < -0.39 is 11.7 Å². The molecule has 0 spiro atoms. The Morgan fingerprint density at radius 3 is 2.57 bits per heavy atom. The summed E-state index contributed by atoms with van der Waals surface area (Å²) in [6.07, 6.45) is 2.67. The number of aromatic nitrogens is 1. The number of hydrogen-bond acceptors (Lipinski definition) is 4. The van der Waals surface area contributed by atoms with Gasteiger partial charge in [-0.3, -0.25) is 4.98 Å². The summed E-state index contributed by atoms with van der Waals surface area (Å²) in [5.41, 5.74) is 0.781. The molecule has 80 valence electrons. The zero-order chi connectivity index (χ0) is 10.6. The van der Waals surface area contributed by atoms with Crippen molar-refractivity contribution in [1.29, 1.82) is 0 Å². The lowest BCUT2D eigenvalue weighted by molar-refractivity contribution is -0.0787. The van der Waals surface area contributed by atoms with Crippen molar-refractivity contribution in [3.8, 4) is 0 Å². The fourth-order valence-electron chi connectivity index (χ4n) is 1.44. The molecule has 1 aromatic heterocycles. The molecule has 1 aromatic rings. The molecule has 14 heavy (non-hydrogen) atoms. The Kier molecular flexibility index (Phi) is 4.04. The molecule has 3 nitrogen and oxygen atoms in total. The summed E-state index contributed by atoms with van der Waals surface area (Å²) in [5, 5.41) is 19.9. The first-order valence-corrected chi connectivity index (χ1v) is 5.78.